The normalized spacial score (nSPS) is 10.2. The van der Waals surface area contributed by atoms with E-state index in [0.717, 1.165) is 6.07 Å². The Morgan fingerprint density at radius 1 is 0.808 bits per heavy atom. The lowest BCUT2D eigenvalue weighted by Gasteiger charge is -2.09. The van der Waals surface area contributed by atoms with Crippen LogP contribution < -0.4 is 14.9 Å². The van der Waals surface area contributed by atoms with Crippen LogP contribution in [-0.4, -0.2) is 11.9 Å². The lowest BCUT2D eigenvalue weighted by molar-refractivity contribution is 0.0634. The molecular formula is C20H14O6. The molecule has 0 N–H and O–H groups in total. The number of hydrogen-bond donors (Lipinski definition) is 0. The molecule has 3 rings (SSSR count). The van der Waals surface area contributed by atoms with E-state index >= 15 is 0 Å². The second kappa shape index (κ2) is 7.48. The van der Waals surface area contributed by atoms with Crippen LogP contribution in [0.1, 0.15) is 26.5 Å². The number of hydrogen-bond acceptors (Lipinski definition) is 6. The van der Waals surface area contributed by atoms with Crippen LogP contribution >= 0.6 is 0 Å². The molecule has 0 fully saturated rings. The average Bonchev–Trinajstić information content (AvgIpc) is 2.65. The van der Waals surface area contributed by atoms with Gasteiger partial charge in [0.25, 0.3) is 5.75 Å². The van der Waals surface area contributed by atoms with Crippen molar-refractivity contribution in [3.63, 3.8) is 0 Å². The summed E-state index contributed by atoms with van der Waals surface area (Å²) in [5.74, 6) is -2.23. The zero-order chi connectivity index (χ0) is 18.5. The molecule has 130 valence electrons. The van der Waals surface area contributed by atoms with Crippen LogP contribution in [0.25, 0.3) is 0 Å². The summed E-state index contributed by atoms with van der Waals surface area (Å²) in [7, 11) is 0. The van der Waals surface area contributed by atoms with Gasteiger partial charge < -0.3 is 13.9 Å². The number of benzene rings is 2. The molecule has 3 aromatic rings. The first-order chi connectivity index (χ1) is 12.5. The van der Waals surface area contributed by atoms with Crippen LogP contribution in [-0.2, 0) is 0 Å². The van der Waals surface area contributed by atoms with Crippen LogP contribution in [0.2, 0.25) is 0 Å². The molecule has 0 radical (unpaired) electrons. The number of rotatable bonds is 4. The average molecular weight is 350 g/mol. The van der Waals surface area contributed by atoms with Crippen molar-refractivity contribution < 1.29 is 23.5 Å². The Morgan fingerprint density at radius 2 is 1.31 bits per heavy atom. The fourth-order valence-corrected chi connectivity index (χ4v) is 2.18. The highest BCUT2D eigenvalue weighted by Gasteiger charge is 2.22. The molecule has 0 amide bonds. The highest BCUT2D eigenvalue weighted by Crippen LogP contribution is 2.26. The minimum absolute atomic E-state index is 0.213. The first-order valence-electron chi connectivity index (χ1n) is 7.74. The van der Waals surface area contributed by atoms with Crippen molar-refractivity contribution in [1.29, 1.82) is 0 Å². The predicted molar refractivity (Wildman–Crippen MR) is 92.5 cm³/mol. The Morgan fingerprint density at radius 3 is 1.85 bits per heavy atom. The van der Waals surface area contributed by atoms with Gasteiger partial charge in [0.15, 0.2) is 0 Å². The van der Waals surface area contributed by atoms with E-state index in [1.54, 1.807) is 48.5 Å². The topological polar surface area (TPSA) is 82.8 Å². The van der Waals surface area contributed by atoms with Crippen molar-refractivity contribution >= 4 is 11.9 Å². The van der Waals surface area contributed by atoms with E-state index in [0.29, 0.717) is 0 Å². The number of ether oxygens (including phenoxy) is 2. The lowest BCUT2D eigenvalue weighted by atomic mass is 10.2. The van der Waals surface area contributed by atoms with Crippen LogP contribution in [0.4, 0.5) is 0 Å². The first-order valence-corrected chi connectivity index (χ1v) is 7.74. The molecule has 0 bridgehead atoms. The molecule has 1 heterocycles. The van der Waals surface area contributed by atoms with Gasteiger partial charge in [-0.15, -0.1) is 0 Å². The summed E-state index contributed by atoms with van der Waals surface area (Å²) in [6.07, 6.45) is 0. The van der Waals surface area contributed by atoms with Gasteiger partial charge in [-0.3, -0.25) is 4.79 Å². The lowest BCUT2D eigenvalue weighted by Crippen LogP contribution is -2.18. The Hall–Kier alpha value is -3.67. The van der Waals surface area contributed by atoms with Crippen molar-refractivity contribution in [2.24, 2.45) is 0 Å². The summed E-state index contributed by atoms with van der Waals surface area (Å²) in [6.45, 7) is 1.52. The Labute approximate surface area is 148 Å². The van der Waals surface area contributed by atoms with Crippen molar-refractivity contribution in [3.8, 4) is 11.7 Å². The van der Waals surface area contributed by atoms with Crippen molar-refractivity contribution in [2.45, 2.75) is 6.92 Å². The maximum atomic E-state index is 12.2. The van der Waals surface area contributed by atoms with Gasteiger partial charge in [-0.25, -0.2) is 9.59 Å². The van der Waals surface area contributed by atoms with Crippen LogP contribution in [0.3, 0.4) is 0 Å². The molecule has 0 atom stereocenters. The molecule has 0 saturated heterocycles. The van der Waals surface area contributed by atoms with E-state index in [9.17, 15) is 14.4 Å². The smallest absolute Gasteiger partial charge is 0.346 e. The fourth-order valence-electron chi connectivity index (χ4n) is 2.18. The molecule has 0 aliphatic carbocycles. The highest BCUT2D eigenvalue weighted by atomic mass is 16.6. The van der Waals surface area contributed by atoms with Gasteiger partial charge in [-0.05, 0) is 31.2 Å². The molecule has 0 aliphatic rings. The van der Waals surface area contributed by atoms with Gasteiger partial charge in [-0.2, -0.15) is 0 Å². The molecule has 0 aliphatic heterocycles. The van der Waals surface area contributed by atoms with Crippen LogP contribution in [0.15, 0.2) is 75.9 Å². The summed E-state index contributed by atoms with van der Waals surface area (Å²) < 4.78 is 15.6. The minimum Gasteiger partial charge on any atom is -0.428 e. The monoisotopic (exact) mass is 350 g/mol. The molecular weight excluding hydrogens is 336 g/mol. The van der Waals surface area contributed by atoms with Crippen molar-refractivity contribution in [3.05, 3.63) is 93.8 Å². The summed E-state index contributed by atoms with van der Waals surface area (Å²) in [6, 6.07) is 17.4. The van der Waals surface area contributed by atoms with Crippen molar-refractivity contribution in [1.82, 2.24) is 0 Å². The molecule has 2 aromatic carbocycles. The third kappa shape index (κ3) is 3.87. The molecule has 6 nitrogen and oxygen atoms in total. The third-order valence-corrected chi connectivity index (χ3v) is 3.40. The number of aryl methyl sites for hydroxylation is 1. The zero-order valence-electron chi connectivity index (χ0n) is 13.8. The fraction of sp³-hybridized carbons (Fsp3) is 0.0500. The van der Waals surface area contributed by atoms with Gasteiger partial charge >= 0.3 is 17.9 Å². The van der Waals surface area contributed by atoms with E-state index in [-0.39, 0.29) is 16.9 Å². The Bertz CT molecular complexity index is 990. The molecule has 0 spiro atoms. The predicted octanol–water partition coefficient (Wildman–Crippen LogP) is 3.39. The largest absolute Gasteiger partial charge is 0.428 e. The maximum absolute atomic E-state index is 12.2. The van der Waals surface area contributed by atoms with Crippen LogP contribution in [0.5, 0.6) is 11.7 Å². The minimum atomic E-state index is -0.765. The van der Waals surface area contributed by atoms with Crippen molar-refractivity contribution in [2.75, 3.05) is 0 Å². The Kier molecular flexibility index (Phi) is 4.94. The quantitative estimate of drug-likeness (QED) is 0.671. The standard InChI is InChI=1S/C20H14O6/c1-13-12-16(21)17(25-18(22)14-8-4-2-5-9-14)20(24-13)26-19(23)15-10-6-3-7-11-15/h2-12H,1H3. The van der Waals surface area contributed by atoms with Gasteiger partial charge in [0.1, 0.15) is 5.76 Å². The number of esters is 2. The van der Waals surface area contributed by atoms with Gasteiger partial charge in [0, 0.05) is 6.07 Å². The van der Waals surface area contributed by atoms with E-state index in [1.165, 1.54) is 19.1 Å². The molecule has 0 unspecified atom stereocenters. The van der Waals surface area contributed by atoms with E-state index < -0.39 is 29.1 Å². The second-order valence-electron chi connectivity index (χ2n) is 5.35. The third-order valence-electron chi connectivity index (χ3n) is 3.40. The number of carbonyl (C=O) groups is 2. The molecule has 0 saturated carbocycles. The highest BCUT2D eigenvalue weighted by molar-refractivity contribution is 5.92. The first kappa shape index (κ1) is 17.2. The van der Waals surface area contributed by atoms with Gasteiger partial charge in [0.2, 0.25) is 5.43 Å². The van der Waals surface area contributed by atoms with E-state index in [2.05, 4.69) is 0 Å². The van der Waals surface area contributed by atoms with E-state index in [1.807, 2.05) is 0 Å². The summed E-state index contributed by atoms with van der Waals surface area (Å²) in [5, 5.41) is 0. The Balaban J connectivity index is 1.92. The summed E-state index contributed by atoms with van der Waals surface area (Å²) in [5.41, 5.74) is -0.126. The van der Waals surface area contributed by atoms with E-state index in [4.69, 9.17) is 13.9 Å². The second-order valence-corrected chi connectivity index (χ2v) is 5.35. The molecule has 1 aromatic heterocycles. The summed E-state index contributed by atoms with van der Waals surface area (Å²) >= 11 is 0. The molecule has 6 heteroatoms. The SMILES string of the molecule is Cc1cc(=O)c(OC(=O)c2ccccc2)c(OC(=O)c2ccccc2)o1. The van der Waals surface area contributed by atoms with Gasteiger partial charge in [0.05, 0.1) is 11.1 Å². The summed E-state index contributed by atoms with van der Waals surface area (Å²) in [4.78, 5) is 36.7. The molecule has 26 heavy (non-hydrogen) atoms. The van der Waals surface area contributed by atoms with Gasteiger partial charge in [-0.1, -0.05) is 36.4 Å². The zero-order valence-corrected chi connectivity index (χ0v) is 13.8. The van der Waals surface area contributed by atoms with Crippen LogP contribution in [0, 0.1) is 6.92 Å². The number of carbonyl (C=O) groups excluding carboxylic acids is 2. The maximum Gasteiger partial charge on any atom is 0.346 e.